The van der Waals surface area contributed by atoms with Crippen molar-refractivity contribution >= 4 is 18.0 Å². The van der Waals surface area contributed by atoms with E-state index < -0.39 is 0 Å². The number of rotatable bonds is 3. The van der Waals surface area contributed by atoms with Crippen molar-refractivity contribution in [3.05, 3.63) is 35.9 Å². The van der Waals surface area contributed by atoms with Gasteiger partial charge in [0, 0.05) is 19.8 Å². The van der Waals surface area contributed by atoms with Crippen LogP contribution >= 0.6 is 0 Å². The summed E-state index contributed by atoms with van der Waals surface area (Å²) >= 11 is 0. The Balaban J connectivity index is 3.04. The largest absolute Gasteiger partial charge is 0.377 e. The molecule has 0 aliphatic heterocycles. The molecular weight excluding hydrogens is 162 g/mol. The van der Waals surface area contributed by atoms with E-state index in [9.17, 15) is 4.79 Å². The molecule has 0 N–H and O–H groups in total. The van der Waals surface area contributed by atoms with E-state index in [0.29, 0.717) is 0 Å². The first-order valence-corrected chi connectivity index (χ1v) is 4.14. The van der Waals surface area contributed by atoms with Gasteiger partial charge in [0.15, 0.2) is 0 Å². The van der Waals surface area contributed by atoms with E-state index in [1.54, 1.807) is 0 Å². The highest BCUT2D eigenvalue weighted by Crippen LogP contribution is 2.18. The number of aldehydes is 1. The van der Waals surface area contributed by atoms with Gasteiger partial charge in [0.2, 0.25) is 0 Å². The first-order valence-electron chi connectivity index (χ1n) is 4.14. The van der Waals surface area contributed by atoms with Crippen LogP contribution < -0.4 is 4.90 Å². The van der Waals surface area contributed by atoms with Gasteiger partial charge in [0.1, 0.15) is 6.29 Å². The van der Waals surface area contributed by atoms with E-state index in [4.69, 9.17) is 0 Å². The van der Waals surface area contributed by atoms with Crippen molar-refractivity contribution in [1.82, 2.24) is 0 Å². The zero-order valence-electron chi connectivity index (χ0n) is 7.90. The summed E-state index contributed by atoms with van der Waals surface area (Å²) in [4.78, 5) is 12.2. The van der Waals surface area contributed by atoms with Crippen molar-refractivity contribution in [2.75, 3.05) is 19.0 Å². The molecule has 1 aromatic rings. The van der Waals surface area contributed by atoms with E-state index in [-0.39, 0.29) is 0 Å². The Morgan fingerprint density at radius 2 is 1.92 bits per heavy atom. The van der Waals surface area contributed by atoms with Crippen LogP contribution in [0.3, 0.4) is 0 Å². The Bertz CT molecular complexity index is 316. The Morgan fingerprint density at radius 1 is 1.23 bits per heavy atom. The number of para-hydroxylation sites is 1. The van der Waals surface area contributed by atoms with E-state index in [1.807, 2.05) is 49.3 Å². The van der Waals surface area contributed by atoms with Crippen LogP contribution in [0.1, 0.15) is 5.56 Å². The summed E-state index contributed by atoms with van der Waals surface area (Å²) in [5, 5.41) is 0. The molecule has 0 unspecified atom stereocenters. The lowest BCUT2D eigenvalue weighted by Gasteiger charge is -2.14. The Labute approximate surface area is 78.5 Å². The molecule has 0 radical (unpaired) electrons. The number of nitrogens with zero attached hydrogens (tertiary/aromatic N) is 1. The quantitative estimate of drug-likeness (QED) is 0.517. The maximum Gasteiger partial charge on any atom is 0.142 e. The van der Waals surface area contributed by atoms with Crippen molar-refractivity contribution in [3.8, 4) is 0 Å². The number of allylic oxidation sites excluding steroid dienone is 1. The maximum absolute atomic E-state index is 10.2. The Morgan fingerprint density at radius 3 is 2.54 bits per heavy atom. The van der Waals surface area contributed by atoms with Crippen LogP contribution in [-0.2, 0) is 4.79 Å². The molecule has 0 saturated heterocycles. The minimum Gasteiger partial charge on any atom is -0.377 e. The molecule has 0 aliphatic rings. The molecule has 0 bridgehead atoms. The lowest BCUT2D eigenvalue weighted by Crippen LogP contribution is -2.09. The van der Waals surface area contributed by atoms with Gasteiger partial charge in [-0.2, -0.15) is 0 Å². The Hall–Kier alpha value is -1.57. The number of hydrogen-bond donors (Lipinski definition) is 0. The highest BCUT2D eigenvalue weighted by Gasteiger charge is 1.98. The first-order chi connectivity index (χ1) is 6.25. The van der Waals surface area contributed by atoms with Crippen molar-refractivity contribution in [3.63, 3.8) is 0 Å². The van der Waals surface area contributed by atoms with Crippen LogP contribution in [0.25, 0.3) is 6.08 Å². The van der Waals surface area contributed by atoms with Gasteiger partial charge < -0.3 is 4.90 Å². The minimum atomic E-state index is 0.784. The molecule has 13 heavy (non-hydrogen) atoms. The second kappa shape index (κ2) is 4.45. The molecule has 0 saturated carbocycles. The van der Waals surface area contributed by atoms with Crippen LogP contribution in [0.2, 0.25) is 0 Å². The second-order valence-electron chi connectivity index (χ2n) is 2.95. The van der Waals surface area contributed by atoms with E-state index >= 15 is 0 Å². The lowest BCUT2D eigenvalue weighted by molar-refractivity contribution is -0.104. The average molecular weight is 175 g/mol. The summed E-state index contributed by atoms with van der Waals surface area (Å²) in [5.41, 5.74) is 2.17. The van der Waals surface area contributed by atoms with Crippen molar-refractivity contribution < 1.29 is 4.79 Å². The summed E-state index contributed by atoms with van der Waals surface area (Å²) in [6.07, 6.45) is 4.09. The normalized spacial score (nSPS) is 10.3. The summed E-state index contributed by atoms with van der Waals surface area (Å²) in [6, 6.07) is 7.94. The molecule has 0 aromatic heterocycles. The Kier molecular flexibility index (Phi) is 3.26. The van der Waals surface area contributed by atoms with Gasteiger partial charge in [-0.25, -0.2) is 0 Å². The highest BCUT2D eigenvalue weighted by molar-refractivity contribution is 5.78. The summed E-state index contributed by atoms with van der Waals surface area (Å²) < 4.78 is 0. The van der Waals surface area contributed by atoms with Gasteiger partial charge in [-0.15, -0.1) is 0 Å². The number of carbonyl (C=O) groups is 1. The predicted molar refractivity (Wildman–Crippen MR) is 55.9 cm³/mol. The molecule has 0 spiro atoms. The van der Waals surface area contributed by atoms with E-state index in [0.717, 1.165) is 17.5 Å². The number of carbonyl (C=O) groups excluding carboxylic acids is 1. The molecule has 0 aliphatic carbocycles. The molecule has 1 rings (SSSR count). The second-order valence-corrected chi connectivity index (χ2v) is 2.95. The fourth-order valence-electron chi connectivity index (χ4n) is 1.18. The van der Waals surface area contributed by atoms with Gasteiger partial charge in [-0.05, 0) is 23.8 Å². The van der Waals surface area contributed by atoms with Gasteiger partial charge in [0.25, 0.3) is 0 Å². The zero-order valence-corrected chi connectivity index (χ0v) is 7.90. The third-order valence-electron chi connectivity index (χ3n) is 1.77. The minimum absolute atomic E-state index is 0.784. The molecule has 0 heterocycles. The number of benzene rings is 1. The van der Waals surface area contributed by atoms with Crippen molar-refractivity contribution in [1.29, 1.82) is 0 Å². The molecule has 68 valence electrons. The number of hydrogen-bond acceptors (Lipinski definition) is 2. The van der Waals surface area contributed by atoms with Gasteiger partial charge in [-0.3, -0.25) is 4.79 Å². The smallest absolute Gasteiger partial charge is 0.142 e. The topological polar surface area (TPSA) is 20.3 Å². The predicted octanol–water partition coefficient (Wildman–Crippen LogP) is 1.96. The third kappa shape index (κ3) is 2.44. The molecule has 1 aromatic carbocycles. The average Bonchev–Trinajstić information content (AvgIpc) is 2.15. The van der Waals surface area contributed by atoms with Gasteiger partial charge in [0.05, 0.1) is 0 Å². The fraction of sp³-hybridized carbons (Fsp3) is 0.182. The first kappa shape index (κ1) is 9.52. The van der Waals surface area contributed by atoms with Crippen LogP contribution in [0, 0.1) is 0 Å². The molecule has 0 amide bonds. The zero-order chi connectivity index (χ0) is 9.68. The van der Waals surface area contributed by atoms with Gasteiger partial charge in [-0.1, -0.05) is 18.2 Å². The highest BCUT2D eigenvalue weighted by atomic mass is 16.1. The third-order valence-corrected chi connectivity index (χ3v) is 1.77. The molecule has 2 nitrogen and oxygen atoms in total. The molecule has 0 atom stereocenters. The monoisotopic (exact) mass is 175 g/mol. The van der Waals surface area contributed by atoms with Crippen molar-refractivity contribution in [2.24, 2.45) is 0 Å². The lowest BCUT2D eigenvalue weighted by atomic mass is 10.1. The maximum atomic E-state index is 10.2. The molecular formula is C11H13NO. The van der Waals surface area contributed by atoms with Crippen LogP contribution in [0.15, 0.2) is 30.3 Å². The summed E-state index contributed by atoms with van der Waals surface area (Å²) in [6.45, 7) is 0. The fourth-order valence-corrected chi connectivity index (χ4v) is 1.18. The van der Waals surface area contributed by atoms with Crippen LogP contribution in [0.4, 0.5) is 5.69 Å². The van der Waals surface area contributed by atoms with Gasteiger partial charge >= 0.3 is 0 Å². The molecule has 2 heteroatoms. The standard InChI is InChI=1S/C11H13NO/c1-12(2)11-8-4-3-6-10(11)7-5-9-13/h3-9H,1-2H3. The van der Waals surface area contributed by atoms with Crippen LogP contribution in [0.5, 0.6) is 0 Å². The summed E-state index contributed by atoms with van der Waals surface area (Å²) in [5.74, 6) is 0. The van der Waals surface area contributed by atoms with Crippen LogP contribution in [-0.4, -0.2) is 20.4 Å². The molecule has 0 fully saturated rings. The van der Waals surface area contributed by atoms with E-state index in [1.165, 1.54) is 6.08 Å². The summed E-state index contributed by atoms with van der Waals surface area (Å²) in [7, 11) is 3.96. The van der Waals surface area contributed by atoms with E-state index in [2.05, 4.69) is 0 Å². The number of anilines is 1. The SMILES string of the molecule is CN(C)c1ccccc1C=CC=O. The van der Waals surface area contributed by atoms with Crippen molar-refractivity contribution in [2.45, 2.75) is 0 Å².